The summed E-state index contributed by atoms with van der Waals surface area (Å²) in [5.74, 6) is -2.70. The van der Waals surface area contributed by atoms with Crippen LogP contribution in [-0.2, 0) is 6.54 Å². The molecule has 0 fully saturated rings. The highest BCUT2D eigenvalue weighted by molar-refractivity contribution is 6.31. The summed E-state index contributed by atoms with van der Waals surface area (Å²) in [5.41, 5.74) is 0.858. The molecule has 0 aliphatic rings. The average molecular weight is 295 g/mol. The Morgan fingerprint density at radius 1 is 1.30 bits per heavy atom. The van der Waals surface area contributed by atoms with E-state index in [-0.39, 0.29) is 12.2 Å². The van der Waals surface area contributed by atoms with Crippen LogP contribution in [0, 0.1) is 6.92 Å². The molecule has 20 heavy (non-hydrogen) atoms. The lowest BCUT2D eigenvalue weighted by atomic mass is 10.1. The van der Waals surface area contributed by atoms with Gasteiger partial charge in [0.2, 0.25) is 0 Å². The third-order valence-corrected chi connectivity index (χ3v) is 3.24. The first-order valence-corrected chi connectivity index (χ1v) is 6.04. The van der Waals surface area contributed by atoms with Crippen LogP contribution in [0.2, 0.25) is 5.02 Å². The minimum Gasteiger partial charge on any atom is -0.476 e. The SMILES string of the molecule is Cc1cc(Cn2cnc(C(=O)O)c2C(=O)O)ccc1Cl. The Bertz CT molecular complexity index is 694. The number of hydrogen-bond donors (Lipinski definition) is 2. The van der Waals surface area contributed by atoms with Gasteiger partial charge in [0, 0.05) is 11.6 Å². The van der Waals surface area contributed by atoms with Gasteiger partial charge in [0.1, 0.15) is 0 Å². The smallest absolute Gasteiger partial charge is 0.357 e. The van der Waals surface area contributed by atoms with Crippen LogP contribution < -0.4 is 0 Å². The van der Waals surface area contributed by atoms with Gasteiger partial charge in [-0.1, -0.05) is 23.7 Å². The van der Waals surface area contributed by atoms with Crippen molar-refractivity contribution in [2.24, 2.45) is 0 Å². The van der Waals surface area contributed by atoms with Crippen molar-refractivity contribution in [1.29, 1.82) is 0 Å². The van der Waals surface area contributed by atoms with E-state index >= 15 is 0 Å². The predicted octanol–water partition coefficient (Wildman–Crippen LogP) is 2.29. The quantitative estimate of drug-likeness (QED) is 0.902. The summed E-state index contributed by atoms with van der Waals surface area (Å²) in [6.45, 7) is 2.04. The molecule has 0 aliphatic carbocycles. The Morgan fingerprint density at radius 3 is 2.55 bits per heavy atom. The summed E-state index contributed by atoms with van der Waals surface area (Å²) >= 11 is 5.92. The maximum Gasteiger partial charge on any atom is 0.357 e. The lowest BCUT2D eigenvalue weighted by Gasteiger charge is -2.07. The van der Waals surface area contributed by atoms with E-state index in [0.717, 1.165) is 11.1 Å². The number of hydrogen-bond acceptors (Lipinski definition) is 3. The van der Waals surface area contributed by atoms with Gasteiger partial charge < -0.3 is 14.8 Å². The van der Waals surface area contributed by atoms with Gasteiger partial charge in [0.15, 0.2) is 11.4 Å². The number of rotatable bonds is 4. The molecular formula is C13H11ClN2O4. The number of imidazole rings is 1. The van der Waals surface area contributed by atoms with E-state index in [1.807, 2.05) is 13.0 Å². The zero-order valence-electron chi connectivity index (χ0n) is 10.5. The van der Waals surface area contributed by atoms with E-state index in [4.69, 9.17) is 21.8 Å². The van der Waals surface area contributed by atoms with Crippen LogP contribution in [0.4, 0.5) is 0 Å². The molecule has 2 aromatic rings. The maximum atomic E-state index is 11.2. The number of carbonyl (C=O) groups is 2. The van der Waals surface area contributed by atoms with Gasteiger partial charge in [-0.3, -0.25) is 0 Å². The van der Waals surface area contributed by atoms with E-state index in [1.165, 1.54) is 10.9 Å². The molecule has 6 nitrogen and oxygen atoms in total. The second kappa shape index (κ2) is 5.34. The van der Waals surface area contributed by atoms with Gasteiger partial charge in [0.25, 0.3) is 0 Å². The van der Waals surface area contributed by atoms with E-state index in [2.05, 4.69) is 4.98 Å². The summed E-state index contributed by atoms with van der Waals surface area (Å²) in [6.07, 6.45) is 1.21. The monoisotopic (exact) mass is 294 g/mol. The van der Waals surface area contributed by atoms with Crippen molar-refractivity contribution in [2.45, 2.75) is 13.5 Å². The molecule has 0 saturated carbocycles. The van der Waals surface area contributed by atoms with Crippen LogP contribution in [0.25, 0.3) is 0 Å². The van der Waals surface area contributed by atoms with Gasteiger partial charge in [0.05, 0.1) is 6.33 Å². The average Bonchev–Trinajstić information content (AvgIpc) is 2.78. The molecule has 2 N–H and O–H groups in total. The normalized spacial score (nSPS) is 10.5. The van der Waals surface area contributed by atoms with Crippen molar-refractivity contribution in [3.8, 4) is 0 Å². The number of carboxylic acid groups (broad SMARTS) is 2. The first-order chi connectivity index (χ1) is 9.40. The van der Waals surface area contributed by atoms with Crippen molar-refractivity contribution in [1.82, 2.24) is 9.55 Å². The summed E-state index contributed by atoms with van der Waals surface area (Å²) in [7, 11) is 0. The third-order valence-electron chi connectivity index (χ3n) is 2.82. The molecule has 104 valence electrons. The molecule has 0 spiro atoms. The lowest BCUT2D eigenvalue weighted by molar-refractivity contribution is 0.0640. The zero-order valence-corrected chi connectivity index (χ0v) is 11.3. The van der Waals surface area contributed by atoms with Gasteiger partial charge in [-0.2, -0.15) is 0 Å². The third kappa shape index (κ3) is 2.65. The van der Waals surface area contributed by atoms with Crippen molar-refractivity contribution in [3.63, 3.8) is 0 Å². The van der Waals surface area contributed by atoms with Crippen molar-refractivity contribution in [2.75, 3.05) is 0 Å². The van der Waals surface area contributed by atoms with Crippen molar-refractivity contribution >= 4 is 23.5 Å². The molecule has 0 unspecified atom stereocenters. The Labute approximate surface area is 119 Å². The van der Waals surface area contributed by atoms with Crippen LogP contribution in [0.15, 0.2) is 24.5 Å². The van der Waals surface area contributed by atoms with Crippen molar-refractivity contribution in [3.05, 3.63) is 52.1 Å². The first-order valence-electron chi connectivity index (χ1n) is 5.67. The van der Waals surface area contributed by atoms with Crippen LogP contribution in [0.5, 0.6) is 0 Å². The number of halogens is 1. The van der Waals surface area contributed by atoms with E-state index in [1.54, 1.807) is 12.1 Å². The summed E-state index contributed by atoms with van der Waals surface area (Å²) in [5, 5.41) is 18.6. The van der Waals surface area contributed by atoms with E-state index in [9.17, 15) is 9.59 Å². The number of aromatic carboxylic acids is 2. The molecule has 1 heterocycles. The molecule has 0 bridgehead atoms. The molecular weight excluding hydrogens is 284 g/mol. The number of nitrogens with zero attached hydrogens (tertiary/aromatic N) is 2. The summed E-state index contributed by atoms with van der Waals surface area (Å²) in [6, 6.07) is 5.28. The molecule has 1 aromatic heterocycles. The fourth-order valence-corrected chi connectivity index (χ4v) is 2.00. The Morgan fingerprint density at radius 2 is 2.00 bits per heavy atom. The standard InChI is InChI=1S/C13H11ClN2O4/c1-7-4-8(2-3-9(7)14)5-16-6-15-10(12(17)18)11(16)13(19)20/h2-4,6H,5H2,1H3,(H,17,18)(H,19,20). The molecule has 0 amide bonds. The zero-order chi connectivity index (χ0) is 14.9. The molecule has 2 rings (SSSR count). The first kappa shape index (κ1) is 14.1. The minimum atomic E-state index is -1.37. The molecule has 0 saturated heterocycles. The Balaban J connectivity index is 2.41. The summed E-state index contributed by atoms with van der Waals surface area (Å²) < 4.78 is 1.29. The van der Waals surface area contributed by atoms with Gasteiger partial charge in [-0.15, -0.1) is 0 Å². The molecule has 7 heteroatoms. The Hall–Kier alpha value is -2.34. The molecule has 0 aliphatic heterocycles. The number of aryl methyl sites for hydroxylation is 1. The Kier molecular flexibility index (Phi) is 3.76. The van der Waals surface area contributed by atoms with Crippen LogP contribution in [-0.4, -0.2) is 31.7 Å². The van der Waals surface area contributed by atoms with Gasteiger partial charge >= 0.3 is 11.9 Å². The number of carboxylic acids is 2. The second-order valence-electron chi connectivity index (χ2n) is 4.26. The van der Waals surface area contributed by atoms with Crippen LogP contribution >= 0.6 is 11.6 Å². The van der Waals surface area contributed by atoms with Crippen LogP contribution in [0.1, 0.15) is 32.1 Å². The molecule has 0 radical (unpaired) electrons. The maximum absolute atomic E-state index is 11.2. The second-order valence-corrected chi connectivity index (χ2v) is 4.67. The predicted molar refractivity (Wildman–Crippen MR) is 71.4 cm³/mol. The minimum absolute atomic E-state index is 0.208. The largest absolute Gasteiger partial charge is 0.476 e. The van der Waals surface area contributed by atoms with Crippen LogP contribution in [0.3, 0.4) is 0 Å². The topological polar surface area (TPSA) is 92.4 Å². The fraction of sp³-hybridized carbons (Fsp3) is 0.154. The lowest BCUT2D eigenvalue weighted by Crippen LogP contribution is -2.13. The van der Waals surface area contributed by atoms with Crippen molar-refractivity contribution < 1.29 is 19.8 Å². The number of aromatic nitrogens is 2. The summed E-state index contributed by atoms with van der Waals surface area (Å²) in [4.78, 5) is 25.7. The molecule has 0 atom stereocenters. The molecule has 1 aromatic carbocycles. The van der Waals surface area contributed by atoms with Gasteiger partial charge in [-0.05, 0) is 24.1 Å². The van der Waals surface area contributed by atoms with E-state index < -0.39 is 17.6 Å². The fourth-order valence-electron chi connectivity index (χ4n) is 1.88. The highest BCUT2D eigenvalue weighted by Gasteiger charge is 2.22. The number of benzene rings is 1. The van der Waals surface area contributed by atoms with E-state index in [0.29, 0.717) is 5.02 Å². The highest BCUT2D eigenvalue weighted by atomic mass is 35.5. The van der Waals surface area contributed by atoms with Gasteiger partial charge in [-0.25, -0.2) is 14.6 Å². The highest BCUT2D eigenvalue weighted by Crippen LogP contribution is 2.18.